The minimum Gasteiger partial charge on any atom is -0.485 e. The standard InChI is InChI=1S/C16H21N3O2/c17-16(9-5-2-6-10-16)11-15-18-14(19-21-15)12-20-13-7-3-1-4-8-13/h1,3-4,7-8H,2,5-6,9-12,17H2. The summed E-state index contributed by atoms with van der Waals surface area (Å²) in [7, 11) is 0. The Labute approximate surface area is 124 Å². The van der Waals surface area contributed by atoms with Crippen molar-refractivity contribution in [1.82, 2.24) is 10.1 Å². The summed E-state index contributed by atoms with van der Waals surface area (Å²) in [5.74, 6) is 1.98. The van der Waals surface area contributed by atoms with Gasteiger partial charge in [0.05, 0.1) is 0 Å². The lowest BCUT2D eigenvalue weighted by molar-refractivity contribution is 0.257. The van der Waals surface area contributed by atoms with Crippen molar-refractivity contribution in [2.45, 2.75) is 50.7 Å². The van der Waals surface area contributed by atoms with Gasteiger partial charge in [0.25, 0.3) is 0 Å². The molecule has 1 aromatic carbocycles. The molecule has 1 aromatic heterocycles. The van der Waals surface area contributed by atoms with Crippen LogP contribution in [0.15, 0.2) is 34.9 Å². The number of hydrogen-bond acceptors (Lipinski definition) is 5. The van der Waals surface area contributed by atoms with Crippen molar-refractivity contribution in [3.8, 4) is 5.75 Å². The Balaban J connectivity index is 1.56. The van der Waals surface area contributed by atoms with Crippen molar-refractivity contribution >= 4 is 0 Å². The molecule has 5 heteroatoms. The van der Waals surface area contributed by atoms with Crippen molar-refractivity contribution < 1.29 is 9.26 Å². The minimum atomic E-state index is -0.178. The van der Waals surface area contributed by atoms with Crippen molar-refractivity contribution in [2.75, 3.05) is 0 Å². The van der Waals surface area contributed by atoms with Crippen LogP contribution in [-0.4, -0.2) is 15.7 Å². The molecule has 1 saturated carbocycles. The summed E-state index contributed by atoms with van der Waals surface area (Å²) in [5, 5.41) is 3.96. The van der Waals surface area contributed by atoms with Gasteiger partial charge in [0.2, 0.25) is 11.7 Å². The van der Waals surface area contributed by atoms with Crippen LogP contribution >= 0.6 is 0 Å². The molecule has 21 heavy (non-hydrogen) atoms. The highest BCUT2D eigenvalue weighted by molar-refractivity contribution is 5.20. The van der Waals surface area contributed by atoms with Gasteiger partial charge in [0.15, 0.2) is 6.61 Å². The molecule has 112 valence electrons. The highest BCUT2D eigenvalue weighted by Crippen LogP contribution is 2.28. The highest BCUT2D eigenvalue weighted by Gasteiger charge is 2.29. The Morgan fingerprint density at radius 1 is 1.14 bits per heavy atom. The van der Waals surface area contributed by atoms with E-state index in [1.54, 1.807) is 0 Å². The van der Waals surface area contributed by atoms with E-state index in [0.29, 0.717) is 24.7 Å². The Morgan fingerprint density at radius 3 is 2.67 bits per heavy atom. The van der Waals surface area contributed by atoms with E-state index in [0.717, 1.165) is 18.6 Å². The van der Waals surface area contributed by atoms with Crippen molar-refractivity contribution in [3.05, 3.63) is 42.0 Å². The first-order valence-electron chi connectivity index (χ1n) is 7.52. The third-order valence-electron chi connectivity index (χ3n) is 3.97. The summed E-state index contributed by atoms with van der Waals surface area (Å²) >= 11 is 0. The zero-order valence-electron chi connectivity index (χ0n) is 12.1. The van der Waals surface area contributed by atoms with E-state index in [4.69, 9.17) is 15.0 Å². The number of nitrogens with zero attached hydrogens (tertiary/aromatic N) is 2. The van der Waals surface area contributed by atoms with Crippen LogP contribution < -0.4 is 10.5 Å². The lowest BCUT2D eigenvalue weighted by Crippen LogP contribution is -2.43. The van der Waals surface area contributed by atoms with Crippen LogP contribution in [0.25, 0.3) is 0 Å². The second-order valence-corrected chi connectivity index (χ2v) is 5.81. The molecule has 0 saturated heterocycles. The minimum absolute atomic E-state index is 0.178. The van der Waals surface area contributed by atoms with E-state index < -0.39 is 0 Å². The highest BCUT2D eigenvalue weighted by atomic mass is 16.5. The maximum atomic E-state index is 6.41. The molecule has 0 radical (unpaired) electrons. The molecule has 5 nitrogen and oxygen atoms in total. The van der Waals surface area contributed by atoms with Gasteiger partial charge < -0.3 is 15.0 Å². The average Bonchev–Trinajstić information content (AvgIpc) is 2.94. The topological polar surface area (TPSA) is 74.2 Å². The summed E-state index contributed by atoms with van der Waals surface area (Å²) < 4.78 is 10.9. The van der Waals surface area contributed by atoms with Gasteiger partial charge in [0, 0.05) is 12.0 Å². The molecular weight excluding hydrogens is 266 g/mol. The first kappa shape index (κ1) is 14.1. The van der Waals surface area contributed by atoms with Crippen LogP contribution in [0, 0.1) is 0 Å². The quantitative estimate of drug-likeness (QED) is 0.915. The molecule has 0 spiro atoms. The first-order valence-corrected chi connectivity index (χ1v) is 7.52. The molecule has 0 atom stereocenters. The first-order chi connectivity index (χ1) is 10.2. The monoisotopic (exact) mass is 287 g/mol. The number of rotatable bonds is 5. The Morgan fingerprint density at radius 2 is 1.90 bits per heavy atom. The second kappa shape index (κ2) is 6.26. The van der Waals surface area contributed by atoms with E-state index in [-0.39, 0.29) is 5.54 Å². The van der Waals surface area contributed by atoms with Crippen LogP contribution in [0.4, 0.5) is 0 Å². The van der Waals surface area contributed by atoms with Gasteiger partial charge in [-0.05, 0) is 25.0 Å². The van der Waals surface area contributed by atoms with Gasteiger partial charge in [-0.2, -0.15) is 4.98 Å². The number of benzene rings is 1. The molecule has 1 heterocycles. The maximum Gasteiger partial charge on any atom is 0.228 e. The molecule has 0 amide bonds. The lowest BCUT2D eigenvalue weighted by atomic mass is 9.80. The van der Waals surface area contributed by atoms with Crippen LogP contribution in [0.1, 0.15) is 43.8 Å². The fourth-order valence-electron chi connectivity index (χ4n) is 2.82. The van der Waals surface area contributed by atoms with Gasteiger partial charge in [-0.15, -0.1) is 0 Å². The van der Waals surface area contributed by atoms with Gasteiger partial charge in [-0.25, -0.2) is 0 Å². The molecule has 2 aromatic rings. The van der Waals surface area contributed by atoms with Gasteiger partial charge in [-0.3, -0.25) is 0 Å². The summed E-state index contributed by atoms with van der Waals surface area (Å²) in [5.41, 5.74) is 6.23. The molecule has 0 bridgehead atoms. The third kappa shape index (κ3) is 3.82. The maximum absolute atomic E-state index is 6.41. The number of nitrogens with two attached hydrogens (primary N) is 1. The normalized spacial score (nSPS) is 17.6. The summed E-state index contributed by atoms with van der Waals surface area (Å²) in [4.78, 5) is 4.38. The fourth-order valence-corrected chi connectivity index (χ4v) is 2.82. The Kier molecular flexibility index (Phi) is 4.20. The second-order valence-electron chi connectivity index (χ2n) is 5.81. The van der Waals surface area contributed by atoms with Gasteiger partial charge >= 0.3 is 0 Å². The Bertz CT molecular complexity index is 562. The molecule has 1 aliphatic carbocycles. The molecule has 3 rings (SSSR count). The zero-order chi connectivity index (χ0) is 14.5. The SMILES string of the molecule is NC1(Cc2nc(COc3ccccc3)no2)CCCCC1. The van der Waals surface area contributed by atoms with Crippen LogP contribution in [0.3, 0.4) is 0 Å². The fraction of sp³-hybridized carbons (Fsp3) is 0.500. The third-order valence-corrected chi connectivity index (χ3v) is 3.97. The number of hydrogen-bond donors (Lipinski definition) is 1. The Hall–Kier alpha value is -1.88. The number of para-hydroxylation sites is 1. The van der Waals surface area contributed by atoms with E-state index in [9.17, 15) is 0 Å². The molecular formula is C16H21N3O2. The van der Waals surface area contributed by atoms with E-state index in [2.05, 4.69) is 10.1 Å². The summed E-state index contributed by atoms with van der Waals surface area (Å²) in [6, 6.07) is 9.61. The van der Waals surface area contributed by atoms with Crippen molar-refractivity contribution in [2.24, 2.45) is 5.73 Å². The van der Waals surface area contributed by atoms with Crippen molar-refractivity contribution in [3.63, 3.8) is 0 Å². The van der Waals surface area contributed by atoms with Gasteiger partial charge in [0.1, 0.15) is 5.75 Å². The zero-order valence-corrected chi connectivity index (χ0v) is 12.1. The van der Waals surface area contributed by atoms with E-state index in [1.165, 1.54) is 19.3 Å². The predicted octanol–water partition coefficient (Wildman–Crippen LogP) is 2.85. The summed E-state index contributed by atoms with van der Waals surface area (Å²) in [6.45, 7) is 0.311. The van der Waals surface area contributed by atoms with Crippen LogP contribution in [0.5, 0.6) is 5.75 Å². The molecule has 2 N–H and O–H groups in total. The van der Waals surface area contributed by atoms with Crippen molar-refractivity contribution in [1.29, 1.82) is 0 Å². The smallest absolute Gasteiger partial charge is 0.228 e. The molecule has 0 aliphatic heterocycles. The molecule has 1 aliphatic rings. The number of ether oxygens (including phenoxy) is 1. The lowest BCUT2D eigenvalue weighted by Gasteiger charge is -2.31. The van der Waals surface area contributed by atoms with E-state index >= 15 is 0 Å². The molecule has 0 unspecified atom stereocenters. The van der Waals surface area contributed by atoms with Gasteiger partial charge in [-0.1, -0.05) is 42.6 Å². The van der Waals surface area contributed by atoms with Crippen LogP contribution in [0.2, 0.25) is 0 Å². The van der Waals surface area contributed by atoms with E-state index in [1.807, 2.05) is 30.3 Å². The van der Waals surface area contributed by atoms with Crippen LogP contribution in [-0.2, 0) is 13.0 Å². The predicted molar refractivity (Wildman–Crippen MR) is 78.8 cm³/mol. The summed E-state index contributed by atoms with van der Waals surface area (Å²) in [6.07, 6.45) is 6.38. The largest absolute Gasteiger partial charge is 0.485 e. The molecule has 1 fully saturated rings. The average molecular weight is 287 g/mol. The number of aromatic nitrogens is 2.